The molecule has 0 aliphatic rings. The van der Waals surface area contributed by atoms with Crippen LogP contribution in [0.2, 0.25) is 0 Å². The summed E-state index contributed by atoms with van der Waals surface area (Å²) in [6.45, 7) is 8.65. The van der Waals surface area contributed by atoms with E-state index < -0.39 is 12.4 Å². The maximum absolute atomic E-state index is 12.9. The van der Waals surface area contributed by atoms with Crippen LogP contribution in [0, 0.1) is 13.8 Å². The Morgan fingerprint density at radius 1 is 1.07 bits per heavy atom. The lowest BCUT2D eigenvalue weighted by Gasteiger charge is -2.14. The summed E-state index contributed by atoms with van der Waals surface area (Å²) in [5, 5.41) is 9.40. The summed E-state index contributed by atoms with van der Waals surface area (Å²) in [6.07, 6.45) is -1.30. The molecule has 3 aromatic carbocycles. The number of hydrogen-bond donors (Lipinski definition) is 1. The highest BCUT2D eigenvalue weighted by Gasteiger charge is 2.31. The molecule has 0 aliphatic carbocycles. The first-order valence-electron chi connectivity index (χ1n) is 14.5. The molecule has 0 aliphatic heterocycles. The number of aryl methyl sites for hydroxylation is 3. The molecule has 5 rings (SSSR count). The molecular formula is C33H33F3N6O2S. The molecule has 5 aromatic rings. The minimum atomic E-state index is -4.75. The molecule has 1 unspecified atom stereocenters. The number of rotatable bonds is 9. The van der Waals surface area contributed by atoms with Gasteiger partial charge in [0.1, 0.15) is 12.1 Å². The van der Waals surface area contributed by atoms with Crippen molar-refractivity contribution in [2.75, 3.05) is 6.54 Å². The lowest BCUT2D eigenvalue weighted by atomic mass is 10.00. The second-order valence-electron chi connectivity index (χ2n) is 10.8. The first kappa shape index (κ1) is 31.7. The number of nitrogens with zero attached hydrogens (tertiary/aromatic N) is 5. The van der Waals surface area contributed by atoms with E-state index in [1.807, 2.05) is 43.5 Å². The summed E-state index contributed by atoms with van der Waals surface area (Å²) in [4.78, 5) is 22.3. The first-order chi connectivity index (χ1) is 21.5. The van der Waals surface area contributed by atoms with Gasteiger partial charge < -0.3 is 10.1 Å². The van der Waals surface area contributed by atoms with Gasteiger partial charge in [-0.3, -0.25) is 4.57 Å². The van der Waals surface area contributed by atoms with Gasteiger partial charge in [-0.1, -0.05) is 56.7 Å². The number of ether oxygens (including phenoxy) is 1. The van der Waals surface area contributed by atoms with E-state index in [1.165, 1.54) is 52.2 Å². The van der Waals surface area contributed by atoms with Crippen molar-refractivity contribution in [2.24, 2.45) is 4.99 Å². The highest BCUT2D eigenvalue weighted by Crippen LogP contribution is 2.25. The zero-order valence-corrected chi connectivity index (χ0v) is 26.1. The monoisotopic (exact) mass is 634 g/mol. The second-order valence-corrected chi connectivity index (χ2v) is 11.6. The van der Waals surface area contributed by atoms with Crippen LogP contribution < -0.4 is 14.9 Å². The zero-order chi connectivity index (χ0) is 32.1. The van der Waals surface area contributed by atoms with Crippen LogP contribution >= 0.6 is 11.3 Å². The van der Waals surface area contributed by atoms with Gasteiger partial charge in [0.25, 0.3) is 0 Å². The number of aromatic nitrogens is 4. The number of hydrogen-bond acceptors (Lipinski definition) is 5. The van der Waals surface area contributed by atoms with Crippen molar-refractivity contribution >= 4 is 17.4 Å². The Hall–Kier alpha value is -4.71. The highest BCUT2D eigenvalue weighted by molar-refractivity contribution is 7.07. The Morgan fingerprint density at radius 3 is 2.49 bits per heavy atom. The van der Waals surface area contributed by atoms with E-state index in [-0.39, 0.29) is 11.7 Å². The number of urea groups is 1. The fraction of sp³-hybridized carbons (Fsp3) is 0.273. The van der Waals surface area contributed by atoms with Crippen molar-refractivity contribution < 1.29 is 22.7 Å². The van der Waals surface area contributed by atoms with Crippen molar-refractivity contribution in [1.82, 2.24) is 24.6 Å². The molecule has 45 heavy (non-hydrogen) atoms. The summed E-state index contributed by atoms with van der Waals surface area (Å²) in [7, 11) is 0. The zero-order valence-electron chi connectivity index (χ0n) is 25.3. The van der Waals surface area contributed by atoms with Crippen molar-refractivity contribution in [3.8, 4) is 28.5 Å². The fourth-order valence-corrected chi connectivity index (χ4v) is 5.76. The number of benzene rings is 3. The molecule has 2 heterocycles. The number of thiazole rings is 1. The van der Waals surface area contributed by atoms with Crippen LogP contribution in [0.4, 0.5) is 18.0 Å². The minimum absolute atomic E-state index is 0.0197. The maximum Gasteiger partial charge on any atom is 0.573 e. The van der Waals surface area contributed by atoms with Gasteiger partial charge in [0.2, 0.25) is 0 Å². The van der Waals surface area contributed by atoms with Gasteiger partial charge in [-0.2, -0.15) is 4.99 Å². The van der Waals surface area contributed by atoms with E-state index in [4.69, 9.17) is 0 Å². The molecule has 2 amide bonds. The van der Waals surface area contributed by atoms with E-state index in [2.05, 4.69) is 61.7 Å². The predicted octanol–water partition coefficient (Wildman–Crippen LogP) is 7.67. The normalized spacial score (nSPS) is 12.7. The second kappa shape index (κ2) is 13.5. The third-order valence-corrected chi connectivity index (χ3v) is 8.14. The van der Waals surface area contributed by atoms with E-state index in [9.17, 15) is 18.0 Å². The van der Waals surface area contributed by atoms with Crippen molar-refractivity contribution in [1.29, 1.82) is 0 Å². The van der Waals surface area contributed by atoms with Crippen LogP contribution in [0.25, 0.3) is 22.8 Å². The van der Waals surface area contributed by atoms with E-state index in [0.717, 1.165) is 40.9 Å². The number of alkyl halides is 3. The van der Waals surface area contributed by atoms with E-state index in [0.29, 0.717) is 22.9 Å². The molecule has 0 bridgehead atoms. The lowest BCUT2D eigenvalue weighted by Crippen LogP contribution is -2.28. The molecule has 8 nitrogen and oxygen atoms in total. The summed E-state index contributed by atoms with van der Waals surface area (Å²) >= 11 is 1.44. The predicted molar refractivity (Wildman–Crippen MR) is 168 cm³/mol. The van der Waals surface area contributed by atoms with Gasteiger partial charge >= 0.3 is 12.4 Å². The molecule has 12 heteroatoms. The standard InChI is InChI=1S/C33H33F3N6O2S/c1-5-6-25-8-7-21(2)17-29(25)42-23(4)19-45-32(42)39-31(43)37-18-22(3)24-9-11-26(12-10-24)30-38-20-41(40-30)27-13-15-28(16-14-27)44-33(34,35)36/h7-17,19-20,22H,5-6,18H2,1-4H3,(H,37,43). The molecule has 0 spiro atoms. The largest absolute Gasteiger partial charge is 0.573 e. The Bertz CT molecular complexity index is 1840. The van der Waals surface area contributed by atoms with Gasteiger partial charge in [-0.25, -0.2) is 14.5 Å². The maximum atomic E-state index is 12.9. The van der Waals surface area contributed by atoms with Crippen LogP contribution in [0.1, 0.15) is 48.6 Å². The number of nitrogens with one attached hydrogen (secondary N) is 1. The summed E-state index contributed by atoms with van der Waals surface area (Å²) in [5.74, 6) is 0.174. The van der Waals surface area contributed by atoms with Gasteiger partial charge in [0, 0.05) is 23.2 Å². The van der Waals surface area contributed by atoms with Crippen molar-refractivity contribution in [3.63, 3.8) is 0 Å². The average molecular weight is 635 g/mol. The summed E-state index contributed by atoms with van der Waals surface area (Å²) < 4.78 is 44.7. The van der Waals surface area contributed by atoms with Crippen LogP contribution in [0.5, 0.6) is 5.75 Å². The van der Waals surface area contributed by atoms with Crippen LogP contribution in [-0.2, 0) is 6.42 Å². The molecule has 0 saturated carbocycles. The fourth-order valence-electron chi connectivity index (χ4n) is 4.89. The Labute approximate surface area is 262 Å². The van der Waals surface area contributed by atoms with Gasteiger partial charge in [-0.15, -0.1) is 29.6 Å². The third-order valence-electron chi connectivity index (χ3n) is 7.20. The molecule has 0 saturated heterocycles. The van der Waals surface area contributed by atoms with Gasteiger partial charge in [0.15, 0.2) is 10.6 Å². The van der Waals surface area contributed by atoms with Crippen LogP contribution in [0.15, 0.2) is 83.4 Å². The number of halogens is 3. The Morgan fingerprint density at radius 2 is 1.80 bits per heavy atom. The number of carbonyl (C=O) groups excluding carboxylic acids is 1. The van der Waals surface area contributed by atoms with E-state index >= 15 is 0 Å². The highest BCUT2D eigenvalue weighted by atomic mass is 32.1. The van der Waals surface area contributed by atoms with E-state index in [1.54, 1.807) is 0 Å². The molecule has 1 atom stereocenters. The Kier molecular flexibility index (Phi) is 9.52. The van der Waals surface area contributed by atoms with Crippen molar-refractivity contribution in [3.05, 3.63) is 106 Å². The van der Waals surface area contributed by atoms with Crippen LogP contribution in [0.3, 0.4) is 0 Å². The van der Waals surface area contributed by atoms with Crippen LogP contribution in [-0.4, -0.2) is 38.3 Å². The summed E-state index contributed by atoms with van der Waals surface area (Å²) in [5.41, 5.74) is 6.79. The third kappa shape index (κ3) is 7.88. The molecule has 2 aromatic heterocycles. The first-order valence-corrected chi connectivity index (χ1v) is 15.4. The molecular weight excluding hydrogens is 601 g/mol. The molecule has 1 N–H and O–H groups in total. The molecule has 234 valence electrons. The number of carbonyl (C=O) groups is 1. The molecule has 0 radical (unpaired) electrons. The van der Waals surface area contributed by atoms with Crippen molar-refractivity contribution in [2.45, 2.75) is 52.8 Å². The summed E-state index contributed by atoms with van der Waals surface area (Å²) in [6, 6.07) is 19.1. The minimum Gasteiger partial charge on any atom is -0.406 e. The van der Waals surface area contributed by atoms with Gasteiger partial charge in [0.05, 0.1) is 11.4 Å². The Balaban J connectivity index is 1.23. The van der Waals surface area contributed by atoms with Gasteiger partial charge in [-0.05, 0) is 73.2 Å². The molecule has 0 fully saturated rings. The number of amides is 2. The SMILES string of the molecule is CCCc1ccc(C)cc1-n1c(C)csc1=NC(=O)NCC(C)c1ccc(-c2ncn(-c3ccc(OC(F)(F)F)cc3)n2)cc1. The quantitative estimate of drug-likeness (QED) is 0.180. The average Bonchev–Trinajstić information content (AvgIpc) is 3.64. The lowest BCUT2D eigenvalue weighted by molar-refractivity contribution is -0.274. The smallest absolute Gasteiger partial charge is 0.406 e. The topological polar surface area (TPSA) is 86.3 Å².